The molecular formula is C9H21FO3Si. The molecule has 0 radical (unpaired) electrons. The van der Waals surface area contributed by atoms with Gasteiger partial charge in [0.15, 0.2) is 0 Å². The second-order valence-corrected chi connectivity index (χ2v) is 6.72. The number of hydrogen-bond acceptors (Lipinski definition) is 3. The highest BCUT2D eigenvalue weighted by molar-refractivity contribution is 6.62. The zero-order valence-corrected chi connectivity index (χ0v) is 10.5. The van der Waals surface area contributed by atoms with Crippen molar-refractivity contribution in [2.45, 2.75) is 31.7 Å². The van der Waals surface area contributed by atoms with Crippen molar-refractivity contribution in [3.8, 4) is 0 Å². The van der Waals surface area contributed by atoms with E-state index in [1.165, 1.54) is 0 Å². The summed E-state index contributed by atoms with van der Waals surface area (Å²) >= 11 is 0. The Morgan fingerprint density at radius 3 is 1.93 bits per heavy atom. The van der Waals surface area contributed by atoms with Crippen molar-refractivity contribution >= 4 is 8.80 Å². The van der Waals surface area contributed by atoms with Crippen LogP contribution in [0.1, 0.15) is 26.2 Å². The maximum Gasteiger partial charge on any atom is 0.503 e. The summed E-state index contributed by atoms with van der Waals surface area (Å²) in [5.41, 5.74) is 0.217. The molecule has 0 aliphatic rings. The molecule has 0 aromatic rings. The summed E-state index contributed by atoms with van der Waals surface area (Å²) in [6.07, 6.45) is 2.33. The summed E-state index contributed by atoms with van der Waals surface area (Å²) in [6.45, 7) is 1.77. The van der Waals surface area contributed by atoms with Crippen molar-refractivity contribution < 1.29 is 17.7 Å². The maximum atomic E-state index is 11.9. The predicted octanol–water partition coefficient (Wildman–Crippen LogP) is 2.39. The summed E-state index contributed by atoms with van der Waals surface area (Å²) in [7, 11) is 2.31. The lowest BCUT2D eigenvalue weighted by Crippen LogP contribution is -2.46. The first-order valence-corrected chi connectivity index (χ1v) is 6.68. The van der Waals surface area contributed by atoms with Gasteiger partial charge in [-0.25, -0.2) is 0 Å². The molecule has 0 saturated carbocycles. The van der Waals surface area contributed by atoms with Gasteiger partial charge in [-0.05, 0) is 12.8 Å². The van der Waals surface area contributed by atoms with Crippen LogP contribution in [-0.2, 0) is 13.3 Å². The van der Waals surface area contributed by atoms with Crippen molar-refractivity contribution in [3.05, 3.63) is 0 Å². The van der Waals surface area contributed by atoms with E-state index in [0.29, 0.717) is 6.42 Å². The Kier molecular flexibility index (Phi) is 7.35. The topological polar surface area (TPSA) is 27.7 Å². The average Bonchev–Trinajstić information content (AvgIpc) is 2.22. The van der Waals surface area contributed by atoms with Gasteiger partial charge in [0, 0.05) is 26.9 Å². The van der Waals surface area contributed by atoms with Crippen LogP contribution in [0, 0.1) is 0 Å². The molecule has 0 aliphatic heterocycles. The van der Waals surface area contributed by atoms with Crippen molar-refractivity contribution in [3.63, 3.8) is 0 Å². The molecular weight excluding hydrogens is 203 g/mol. The first-order valence-electron chi connectivity index (χ1n) is 4.88. The number of alkyl halides is 1. The van der Waals surface area contributed by atoms with Crippen LogP contribution in [0.5, 0.6) is 0 Å². The smallest absolute Gasteiger partial charge is 0.377 e. The van der Waals surface area contributed by atoms with Gasteiger partial charge in [0.25, 0.3) is 0 Å². The van der Waals surface area contributed by atoms with Gasteiger partial charge in [-0.2, -0.15) is 0 Å². The second-order valence-electron chi connectivity index (χ2n) is 3.30. The van der Waals surface area contributed by atoms with E-state index >= 15 is 0 Å². The van der Waals surface area contributed by atoms with Crippen LogP contribution in [0.25, 0.3) is 0 Å². The van der Waals surface area contributed by atoms with Crippen molar-refractivity contribution in [2.75, 3.05) is 28.0 Å². The first-order chi connectivity index (χ1) is 6.66. The molecule has 5 heteroatoms. The lowest BCUT2D eigenvalue weighted by Gasteiger charge is -2.30. The molecule has 0 bridgehead atoms. The molecule has 0 aliphatic carbocycles. The Bertz CT molecular complexity index is 134. The van der Waals surface area contributed by atoms with Gasteiger partial charge in [-0.1, -0.05) is 13.3 Å². The van der Waals surface area contributed by atoms with Gasteiger partial charge >= 0.3 is 8.80 Å². The minimum absolute atomic E-state index is 0.217. The number of hydrogen-bond donors (Lipinski definition) is 0. The van der Waals surface area contributed by atoms with Gasteiger partial charge in [-0.15, -0.1) is 0 Å². The molecule has 0 amide bonds. The van der Waals surface area contributed by atoms with Crippen molar-refractivity contribution in [1.82, 2.24) is 0 Å². The van der Waals surface area contributed by atoms with E-state index in [2.05, 4.69) is 0 Å². The fourth-order valence-electron chi connectivity index (χ4n) is 1.58. The Hall–Kier alpha value is 0.0269. The van der Waals surface area contributed by atoms with E-state index in [0.717, 1.165) is 12.8 Å². The summed E-state index contributed by atoms with van der Waals surface area (Å²) < 4.78 is 27.9. The molecule has 0 fully saturated rings. The van der Waals surface area contributed by atoms with Crippen LogP contribution in [0.3, 0.4) is 0 Å². The quantitative estimate of drug-likeness (QED) is 0.468. The lowest BCUT2D eigenvalue weighted by molar-refractivity contribution is 0.111. The van der Waals surface area contributed by atoms with E-state index in [9.17, 15) is 4.39 Å². The highest BCUT2D eigenvalue weighted by Gasteiger charge is 2.43. The molecule has 0 rings (SSSR count). The largest absolute Gasteiger partial charge is 0.503 e. The standard InChI is InChI=1S/C9H21FO3Si/c1-9(7-5-6-8-10)14(11-2,12-3)13-4/h9H,5-8H2,1-4H3. The fourth-order valence-corrected chi connectivity index (χ4v) is 3.84. The zero-order chi connectivity index (χ0) is 11.0. The van der Waals surface area contributed by atoms with Crippen LogP contribution in [0.15, 0.2) is 0 Å². The van der Waals surface area contributed by atoms with Gasteiger partial charge in [-0.3, -0.25) is 4.39 Å². The molecule has 0 aromatic heterocycles. The van der Waals surface area contributed by atoms with Gasteiger partial charge in [0.2, 0.25) is 0 Å². The molecule has 14 heavy (non-hydrogen) atoms. The van der Waals surface area contributed by atoms with Gasteiger partial charge in [0.05, 0.1) is 6.67 Å². The summed E-state index contributed by atoms with van der Waals surface area (Å²) in [5.74, 6) is 0. The maximum absolute atomic E-state index is 11.9. The molecule has 0 N–H and O–H groups in total. The third-order valence-electron chi connectivity index (χ3n) is 2.48. The van der Waals surface area contributed by atoms with Gasteiger partial charge < -0.3 is 13.3 Å². The first kappa shape index (κ1) is 14.0. The number of halogens is 1. The Balaban J connectivity index is 4.07. The molecule has 0 saturated heterocycles. The molecule has 3 nitrogen and oxygen atoms in total. The van der Waals surface area contributed by atoms with Crippen molar-refractivity contribution in [1.29, 1.82) is 0 Å². The predicted molar refractivity (Wildman–Crippen MR) is 56.0 cm³/mol. The second kappa shape index (κ2) is 7.34. The van der Waals surface area contributed by atoms with Crippen LogP contribution < -0.4 is 0 Å². The zero-order valence-electron chi connectivity index (χ0n) is 9.51. The number of rotatable bonds is 8. The Labute approximate surface area is 86.9 Å². The number of unbranched alkanes of at least 4 members (excludes halogenated alkanes) is 1. The Morgan fingerprint density at radius 1 is 1.07 bits per heavy atom. The molecule has 0 heterocycles. The fraction of sp³-hybridized carbons (Fsp3) is 1.00. The molecule has 86 valence electrons. The molecule has 0 spiro atoms. The van der Waals surface area contributed by atoms with Gasteiger partial charge in [0.1, 0.15) is 0 Å². The lowest BCUT2D eigenvalue weighted by atomic mass is 10.2. The third kappa shape index (κ3) is 3.65. The van der Waals surface area contributed by atoms with Crippen LogP contribution in [-0.4, -0.2) is 36.8 Å². The average molecular weight is 224 g/mol. The van der Waals surface area contributed by atoms with Crippen molar-refractivity contribution in [2.24, 2.45) is 0 Å². The summed E-state index contributed by atoms with van der Waals surface area (Å²) in [6, 6.07) is 0. The molecule has 1 unspecified atom stereocenters. The van der Waals surface area contributed by atoms with E-state index in [1.807, 2.05) is 6.92 Å². The molecule has 0 aromatic carbocycles. The summed E-state index contributed by atoms with van der Waals surface area (Å²) in [5, 5.41) is 0. The van der Waals surface area contributed by atoms with Crippen LogP contribution in [0.2, 0.25) is 5.54 Å². The summed E-state index contributed by atoms with van der Waals surface area (Å²) in [4.78, 5) is 0. The van der Waals surface area contributed by atoms with E-state index < -0.39 is 8.80 Å². The third-order valence-corrected chi connectivity index (χ3v) is 5.68. The molecule has 1 atom stereocenters. The Morgan fingerprint density at radius 2 is 1.57 bits per heavy atom. The monoisotopic (exact) mass is 224 g/mol. The van der Waals surface area contributed by atoms with Crippen LogP contribution >= 0.6 is 0 Å². The SMILES string of the molecule is CO[Si](OC)(OC)C(C)CCCCF. The highest BCUT2D eigenvalue weighted by Crippen LogP contribution is 2.28. The van der Waals surface area contributed by atoms with E-state index in [1.54, 1.807) is 21.3 Å². The minimum atomic E-state index is -2.49. The minimum Gasteiger partial charge on any atom is -0.377 e. The highest BCUT2D eigenvalue weighted by atomic mass is 28.4. The van der Waals surface area contributed by atoms with Crippen LogP contribution in [0.4, 0.5) is 4.39 Å². The van der Waals surface area contributed by atoms with E-state index in [4.69, 9.17) is 13.3 Å². The normalized spacial score (nSPS) is 14.4. The van der Waals surface area contributed by atoms with E-state index in [-0.39, 0.29) is 12.2 Å².